The third-order valence-electron chi connectivity index (χ3n) is 5.61. The molecular weight excluding hydrogens is 473 g/mol. The molecule has 0 saturated carbocycles. The minimum absolute atomic E-state index is 0.0681. The van der Waals surface area contributed by atoms with E-state index in [2.05, 4.69) is 13.8 Å². The number of aliphatic hydroxyl groups is 1. The molecule has 0 rings (SSSR count). The van der Waals surface area contributed by atoms with Gasteiger partial charge in [0.1, 0.15) is 6.10 Å². The standard InChI is InChI=1S/C25H52NO8P/c1-3-5-7-9-11-13-15-17-24(27)31-21-23(22-33-35(29,30)32-20-19-26)34-25(28)18-16-14-12-10-8-6-4-2/h23-24,27H,3-22,26H2,1-2H3,(H,29,30)/t23-,24?/m1/s1. The molecule has 0 aliphatic carbocycles. The van der Waals surface area contributed by atoms with E-state index in [1.165, 1.54) is 51.4 Å². The topological polar surface area (TPSA) is 138 Å². The summed E-state index contributed by atoms with van der Waals surface area (Å²) in [4.78, 5) is 22.0. The summed E-state index contributed by atoms with van der Waals surface area (Å²) in [6.45, 7) is 3.77. The van der Waals surface area contributed by atoms with Gasteiger partial charge in [-0.25, -0.2) is 4.57 Å². The largest absolute Gasteiger partial charge is 0.472 e. The summed E-state index contributed by atoms with van der Waals surface area (Å²) in [6, 6.07) is 0. The van der Waals surface area contributed by atoms with E-state index in [-0.39, 0.29) is 32.8 Å². The lowest BCUT2D eigenvalue weighted by Crippen LogP contribution is -2.30. The first-order valence-electron chi connectivity index (χ1n) is 13.7. The molecule has 0 aromatic carbocycles. The monoisotopic (exact) mass is 525 g/mol. The highest BCUT2D eigenvalue weighted by Crippen LogP contribution is 2.43. The summed E-state index contributed by atoms with van der Waals surface area (Å²) in [6.07, 6.45) is 14.3. The van der Waals surface area contributed by atoms with Crippen LogP contribution in [0.4, 0.5) is 0 Å². The third-order valence-corrected chi connectivity index (χ3v) is 6.59. The van der Waals surface area contributed by atoms with Gasteiger partial charge in [-0.1, -0.05) is 90.9 Å². The summed E-state index contributed by atoms with van der Waals surface area (Å²) in [5.41, 5.74) is 5.28. The van der Waals surface area contributed by atoms with Crippen LogP contribution in [-0.2, 0) is 27.9 Å². The minimum atomic E-state index is -4.32. The average Bonchev–Trinajstić information content (AvgIpc) is 2.83. The number of esters is 1. The second kappa shape index (κ2) is 23.8. The summed E-state index contributed by atoms with van der Waals surface area (Å²) >= 11 is 0. The molecule has 35 heavy (non-hydrogen) atoms. The van der Waals surface area contributed by atoms with Gasteiger partial charge in [0.2, 0.25) is 0 Å². The Balaban J connectivity index is 4.40. The van der Waals surface area contributed by atoms with Crippen molar-refractivity contribution in [2.24, 2.45) is 5.73 Å². The van der Waals surface area contributed by atoms with Crippen molar-refractivity contribution in [2.75, 3.05) is 26.4 Å². The Morgan fingerprint density at radius 3 is 1.94 bits per heavy atom. The van der Waals surface area contributed by atoms with Crippen molar-refractivity contribution in [1.82, 2.24) is 0 Å². The molecule has 0 saturated heterocycles. The molecule has 0 fully saturated rings. The third kappa shape index (κ3) is 23.6. The van der Waals surface area contributed by atoms with Gasteiger partial charge in [0.15, 0.2) is 6.29 Å². The Bertz CT molecular complexity index is 538. The second-order valence-electron chi connectivity index (χ2n) is 9.07. The maximum absolute atomic E-state index is 12.3. The van der Waals surface area contributed by atoms with E-state index in [1.807, 2.05) is 0 Å². The fourth-order valence-corrected chi connectivity index (χ4v) is 4.31. The number of carbonyl (C=O) groups excluding carboxylic acids is 1. The molecule has 10 heteroatoms. The molecule has 0 spiro atoms. The zero-order valence-electron chi connectivity index (χ0n) is 22.2. The molecule has 2 unspecified atom stereocenters. The van der Waals surface area contributed by atoms with Crippen molar-refractivity contribution in [2.45, 2.75) is 129 Å². The Labute approximate surface area is 213 Å². The Morgan fingerprint density at radius 2 is 1.37 bits per heavy atom. The van der Waals surface area contributed by atoms with Crippen molar-refractivity contribution in [3.05, 3.63) is 0 Å². The number of rotatable bonds is 26. The van der Waals surface area contributed by atoms with E-state index < -0.39 is 26.2 Å². The lowest BCUT2D eigenvalue weighted by molar-refractivity contribution is -0.166. The van der Waals surface area contributed by atoms with Crippen LogP contribution in [0.25, 0.3) is 0 Å². The first-order valence-corrected chi connectivity index (χ1v) is 15.1. The molecule has 9 nitrogen and oxygen atoms in total. The molecule has 0 aromatic heterocycles. The van der Waals surface area contributed by atoms with Gasteiger partial charge >= 0.3 is 13.8 Å². The molecule has 0 aromatic rings. The first kappa shape index (κ1) is 34.5. The van der Waals surface area contributed by atoms with Crippen LogP contribution >= 0.6 is 7.82 Å². The van der Waals surface area contributed by atoms with E-state index in [4.69, 9.17) is 24.3 Å². The number of carbonyl (C=O) groups is 1. The molecule has 0 aliphatic heterocycles. The molecule has 0 radical (unpaired) electrons. The van der Waals surface area contributed by atoms with Crippen LogP contribution in [0.1, 0.15) is 117 Å². The number of ether oxygens (including phenoxy) is 2. The number of hydrogen-bond acceptors (Lipinski definition) is 8. The van der Waals surface area contributed by atoms with Crippen molar-refractivity contribution in [3.63, 3.8) is 0 Å². The van der Waals surface area contributed by atoms with Crippen LogP contribution in [0.15, 0.2) is 0 Å². The highest BCUT2D eigenvalue weighted by Gasteiger charge is 2.25. The Hall–Kier alpha value is -0.540. The fourth-order valence-electron chi connectivity index (χ4n) is 3.55. The summed E-state index contributed by atoms with van der Waals surface area (Å²) < 4.78 is 32.4. The van der Waals surface area contributed by atoms with Crippen LogP contribution in [-0.4, -0.2) is 54.7 Å². The molecule has 0 bridgehead atoms. The van der Waals surface area contributed by atoms with E-state index >= 15 is 0 Å². The van der Waals surface area contributed by atoms with Crippen molar-refractivity contribution in [1.29, 1.82) is 0 Å². The van der Waals surface area contributed by atoms with Gasteiger partial charge in [-0.2, -0.15) is 0 Å². The average molecular weight is 526 g/mol. The fraction of sp³-hybridized carbons (Fsp3) is 0.960. The molecule has 0 amide bonds. The lowest BCUT2D eigenvalue weighted by atomic mass is 10.1. The van der Waals surface area contributed by atoms with Gasteiger partial charge in [0, 0.05) is 13.0 Å². The SMILES string of the molecule is CCCCCCCCCC(=O)O[C@H](COC(O)CCCCCCCCC)COP(=O)(O)OCCN. The van der Waals surface area contributed by atoms with Gasteiger partial charge in [-0.3, -0.25) is 13.8 Å². The quantitative estimate of drug-likeness (QED) is 0.0569. The molecule has 4 N–H and O–H groups in total. The highest BCUT2D eigenvalue weighted by molar-refractivity contribution is 7.47. The molecule has 0 heterocycles. The van der Waals surface area contributed by atoms with Crippen LogP contribution in [0.5, 0.6) is 0 Å². The molecule has 210 valence electrons. The highest BCUT2D eigenvalue weighted by atomic mass is 31.2. The number of phosphoric ester groups is 1. The Kier molecular flexibility index (Phi) is 23.5. The first-order chi connectivity index (χ1) is 16.8. The van der Waals surface area contributed by atoms with Gasteiger partial charge in [-0.15, -0.1) is 0 Å². The van der Waals surface area contributed by atoms with E-state index in [0.717, 1.165) is 38.5 Å². The predicted molar refractivity (Wildman–Crippen MR) is 138 cm³/mol. The van der Waals surface area contributed by atoms with Crippen LogP contribution in [0.2, 0.25) is 0 Å². The smallest absolute Gasteiger partial charge is 0.457 e. The number of unbranched alkanes of at least 4 members (excludes halogenated alkanes) is 12. The summed E-state index contributed by atoms with van der Waals surface area (Å²) in [7, 11) is -4.32. The number of aliphatic hydroxyl groups excluding tert-OH is 1. The molecular formula is C25H52NO8P. The second-order valence-corrected chi connectivity index (χ2v) is 10.5. The van der Waals surface area contributed by atoms with Gasteiger partial charge in [0.05, 0.1) is 19.8 Å². The predicted octanol–water partition coefficient (Wildman–Crippen LogP) is 5.61. The Morgan fingerprint density at radius 1 is 0.829 bits per heavy atom. The van der Waals surface area contributed by atoms with E-state index in [9.17, 15) is 19.4 Å². The minimum Gasteiger partial charge on any atom is -0.457 e. The van der Waals surface area contributed by atoms with Crippen LogP contribution in [0.3, 0.4) is 0 Å². The number of hydrogen-bond donors (Lipinski definition) is 3. The zero-order valence-corrected chi connectivity index (χ0v) is 23.1. The van der Waals surface area contributed by atoms with E-state index in [0.29, 0.717) is 6.42 Å². The summed E-state index contributed by atoms with van der Waals surface area (Å²) in [5, 5.41) is 10.1. The van der Waals surface area contributed by atoms with Crippen LogP contribution in [0, 0.1) is 0 Å². The number of phosphoric acid groups is 1. The van der Waals surface area contributed by atoms with E-state index in [1.54, 1.807) is 0 Å². The summed E-state index contributed by atoms with van der Waals surface area (Å²) in [5.74, 6) is -0.423. The van der Waals surface area contributed by atoms with Gasteiger partial charge in [-0.05, 0) is 19.3 Å². The van der Waals surface area contributed by atoms with Gasteiger partial charge in [0.25, 0.3) is 0 Å². The molecule has 3 atom stereocenters. The van der Waals surface area contributed by atoms with Crippen molar-refractivity contribution >= 4 is 13.8 Å². The van der Waals surface area contributed by atoms with Crippen LogP contribution < -0.4 is 5.73 Å². The zero-order chi connectivity index (χ0) is 26.2. The molecule has 0 aliphatic rings. The maximum Gasteiger partial charge on any atom is 0.472 e. The van der Waals surface area contributed by atoms with Crippen molar-refractivity contribution < 1.29 is 37.9 Å². The maximum atomic E-state index is 12.3. The normalized spacial score (nSPS) is 15.0. The number of nitrogens with two attached hydrogens (primary N) is 1. The van der Waals surface area contributed by atoms with Gasteiger partial charge < -0.3 is 25.2 Å². The lowest BCUT2D eigenvalue weighted by Gasteiger charge is -2.21. The van der Waals surface area contributed by atoms with Crippen molar-refractivity contribution in [3.8, 4) is 0 Å².